The van der Waals surface area contributed by atoms with Gasteiger partial charge in [-0.05, 0) is 59.7 Å². The Morgan fingerprint density at radius 2 is 1.63 bits per heavy atom. The normalized spacial score (nSPS) is 10.8. The van der Waals surface area contributed by atoms with Crippen LogP contribution in [0.1, 0.15) is 27.0 Å². The number of rotatable bonds is 11. The van der Waals surface area contributed by atoms with Crippen molar-refractivity contribution in [1.29, 1.82) is 0 Å². The minimum atomic E-state index is -0.847. The Kier molecular flexibility index (Phi) is 10.1. The van der Waals surface area contributed by atoms with Crippen LogP contribution in [0.15, 0.2) is 108 Å². The molecule has 0 aliphatic rings. The highest BCUT2D eigenvalue weighted by Crippen LogP contribution is 2.30. The highest BCUT2D eigenvalue weighted by Gasteiger charge is 2.20. The average Bonchev–Trinajstić information content (AvgIpc) is 3.01. The molecule has 0 bridgehead atoms. The lowest BCUT2D eigenvalue weighted by molar-refractivity contribution is -0.385. The van der Waals surface area contributed by atoms with E-state index in [4.69, 9.17) is 9.47 Å². The molecule has 0 fully saturated rings. The topological polar surface area (TPSA) is 149 Å². The number of amides is 2. The maximum absolute atomic E-state index is 12.6. The second kappa shape index (κ2) is 14.5. The second-order valence-electron chi connectivity index (χ2n) is 8.97. The van der Waals surface area contributed by atoms with E-state index in [1.54, 1.807) is 36.4 Å². The van der Waals surface area contributed by atoms with Crippen molar-refractivity contribution in [2.24, 2.45) is 5.10 Å². The highest BCUT2D eigenvalue weighted by molar-refractivity contribution is 5.97. The number of methoxy groups -OCH3 is 1. The molecule has 0 aliphatic carbocycles. The summed E-state index contributed by atoms with van der Waals surface area (Å²) in [6.07, 6.45) is 3.98. The predicted molar refractivity (Wildman–Crippen MR) is 161 cm³/mol. The van der Waals surface area contributed by atoms with Crippen LogP contribution >= 0.6 is 0 Å². The van der Waals surface area contributed by atoms with Gasteiger partial charge in [-0.2, -0.15) is 5.10 Å². The van der Waals surface area contributed by atoms with E-state index in [0.717, 1.165) is 17.9 Å². The lowest BCUT2D eigenvalue weighted by Crippen LogP contribution is -2.18. The summed E-state index contributed by atoms with van der Waals surface area (Å²) in [4.78, 5) is 48.2. The van der Waals surface area contributed by atoms with Crippen LogP contribution in [0.5, 0.6) is 11.5 Å². The van der Waals surface area contributed by atoms with Crippen LogP contribution in [-0.2, 0) is 16.0 Å². The van der Waals surface area contributed by atoms with Gasteiger partial charge in [0.25, 0.3) is 5.91 Å². The Labute approximate surface area is 246 Å². The minimum Gasteiger partial charge on any atom is -0.497 e. The lowest BCUT2D eigenvalue weighted by atomic mass is 10.1. The summed E-state index contributed by atoms with van der Waals surface area (Å²) in [7, 11) is 1.54. The van der Waals surface area contributed by atoms with Crippen molar-refractivity contribution in [3.63, 3.8) is 0 Å². The van der Waals surface area contributed by atoms with E-state index in [9.17, 15) is 24.5 Å². The average molecular weight is 579 g/mol. The van der Waals surface area contributed by atoms with Gasteiger partial charge in [0.1, 0.15) is 5.75 Å². The molecule has 2 N–H and O–H groups in total. The van der Waals surface area contributed by atoms with Gasteiger partial charge in [-0.1, -0.05) is 48.5 Å². The molecule has 216 valence electrons. The van der Waals surface area contributed by atoms with Gasteiger partial charge in [-0.15, -0.1) is 0 Å². The SMILES string of the molecule is COc1ccc(/C=C/C(=O)Oc2c(/C=N/NC(=O)c3ccc(NC(=O)Cc4ccccc4)cc3)cccc2[N+](=O)[O-])cc1. The summed E-state index contributed by atoms with van der Waals surface area (Å²) in [6, 6.07) is 26.4. The minimum absolute atomic E-state index is 0.0946. The number of para-hydroxylation sites is 1. The molecule has 4 rings (SSSR count). The molecule has 0 heterocycles. The molecule has 2 amide bonds. The van der Waals surface area contributed by atoms with Crippen LogP contribution in [0.25, 0.3) is 6.08 Å². The molecule has 0 aliphatic heterocycles. The first kappa shape index (κ1) is 29.9. The van der Waals surface area contributed by atoms with Crippen LogP contribution in [-0.4, -0.2) is 36.0 Å². The van der Waals surface area contributed by atoms with Crippen LogP contribution < -0.4 is 20.2 Å². The summed E-state index contributed by atoms with van der Waals surface area (Å²) >= 11 is 0. The first-order valence-electron chi connectivity index (χ1n) is 12.9. The van der Waals surface area contributed by atoms with Gasteiger partial charge in [0.05, 0.1) is 24.7 Å². The number of nitro groups is 1. The molecule has 4 aromatic rings. The van der Waals surface area contributed by atoms with Crippen molar-refractivity contribution < 1.29 is 28.8 Å². The number of hydrogen-bond donors (Lipinski definition) is 2. The monoisotopic (exact) mass is 578 g/mol. The second-order valence-corrected chi connectivity index (χ2v) is 8.97. The maximum atomic E-state index is 12.6. The quantitative estimate of drug-likeness (QED) is 0.0623. The third-order valence-electron chi connectivity index (χ3n) is 5.96. The zero-order valence-corrected chi connectivity index (χ0v) is 22.9. The molecule has 11 nitrogen and oxygen atoms in total. The van der Waals surface area contributed by atoms with Crippen LogP contribution in [0.4, 0.5) is 11.4 Å². The number of anilines is 1. The molecule has 0 unspecified atom stereocenters. The van der Waals surface area contributed by atoms with E-state index in [1.165, 1.54) is 43.5 Å². The van der Waals surface area contributed by atoms with E-state index in [1.807, 2.05) is 30.3 Å². The Balaban J connectivity index is 1.39. The zero-order chi connectivity index (χ0) is 30.6. The number of hydrogen-bond acceptors (Lipinski definition) is 8. The van der Waals surface area contributed by atoms with Gasteiger partial charge >= 0.3 is 11.7 Å². The van der Waals surface area contributed by atoms with Crippen molar-refractivity contribution in [3.05, 3.63) is 136 Å². The smallest absolute Gasteiger partial charge is 0.336 e. The molecule has 0 aromatic heterocycles. The molecule has 0 saturated carbocycles. The Hall–Kier alpha value is -6.10. The van der Waals surface area contributed by atoms with Gasteiger partial charge < -0.3 is 14.8 Å². The van der Waals surface area contributed by atoms with Crippen molar-refractivity contribution in [2.45, 2.75) is 6.42 Å². The fraction of sp³-hybridized carbons (Fsp3) is 0.0625. The summed E-state index contributed by atoms with van der Waals surface area (Å²) in [5.41, 5.74) is 4.31. The molecule has 0 spiro atoms. The molecule has 0 saturated heterocycles. The standard InChI is InChI=1S/C32H26N4O7/c1-42-27-17-10-22(11-18-27)12-19-30(38)43-31-25(8-5-9-28(31)36(40)41)21-33-35-32(39)24-13-15-26(16-14-24)34-29(37)20-23-6-3-2-4-7-23/h2-19,21H,20H2,1H3,(H,34,37)(H,35,39)/b19-12+,33-21+. The lowest BCUT2D eigenvalue weighted by Gasteiger charge is -2.07. The molecule has 43 heavy (non-hydrogen) atoms. The van der Waals surface area contributed by atoms with Gasteiger partial charge in [-0.25, -0.2) is 10.2 Å². The summed E-state index contributed by atoms with van der Waals surface area (Å²) in [5, 5.41) is 18.2. The number of carbonyl (C=O) groups excluding carboxylic acids is 3. The summed E-state index contributed by atoms with van der Waals surface area (Å²) in [6.45, 7) is 0. The number of esters is 1. The third kappa shape index (κ3) is 8.69. The van der Waals surface area contributed by atoms with Crippen molar-refractivity contribution >= 4 is 41.4 Å². The van der Waals surface area contributed by atoms with E-state index in [2.05, 4.69) is 15.8 Å². The predicted octanol–water partition coefficient (Wildman–Crippen LogP) is 5.17. The Morgan fingerprint density at radius 1 is 0.907 bits per heavy atom. The molecule has 0 atom stereocenters. The number of benzene rings is 4. The molecule has 4 aromatic carbocycles. The number of hydrazone groups is 1. The number of carbonyl (C=O) groups is 3. The van der Waals surface area contributed by atoms with E-state index in [0.29, 0.717) is 17.0 Å². The fourth-order valence-electron chi connectivity index (χ4n) is 3.83. The van der Waals surface area contributed by atoms with Gasteiger partial charge in [0.2, 0.25) is 11.7 Å². The van der Waals surface area contributed by atoms with Gasteiger partial charge in [0.15, 0.2) is 0 Å². The van der Waals surface area contributed by atoms with Crippen LogP contribution in [0.2, 0.25) is 0 Å². The first-order chi connectivity index (χ1) is 20.8. The first-order valence-corrected chi connectivity index (χ1v) is 12.9. The maximum Gasteiger partial charge on any atom is 0.336 e. The molecular formula is C32H26N4O7. The van der Waals surface area contributed by atoms with E-state index < -0.39 is 22.5 Å². The number of nitro benzene ring substituents is 1. The highest BCUT2D eigenvalue weighted by atomic mass is 16.6. The van der Waals surface area contributed by atoms with E-state index in [-0.39, 0.29) is 29.2 Å². The largest absolute Gasteiger partial charge is 0.497 e. The number of nitrogens with zero attached hydrogens (tertiary/aromatic N) is 2. The Bertz CT molecular complexity index is 1670. The Morgan fingerprint density at radius 3 is 2.30 bits per heavy atom. The van der Waals surface area contributed by atoms with Crippen molar-refractivity contribution in [1.82, 2.24) is 5.43 Å². The molecular weight excluding hydrogens is 552 g/mol. The van der Waals surface area contributed by atoms with Crippen molar-refractivity contribution in [3.8, 4) is 11.5 Å². The number of nitrogens with one attached hydrogen (secondary N) is 2. The van der Waals surface area contributed by atoms with Crippen LogP contribution in [0, 0.1) is 10.1 Å². The zero-order valence-electron chi connectivity index (χ0n) is 22.9. The molecule has 0 radical (unpaired) electrons. The molecule has 11 heteroatoms. The van der Waals surface area contributed by atoms with E-state index >= 15 is 0 Å². The van der Waals surface area contributed by atoms with Gasteiger partial charge in [-0.3, -0.25) is 19.7 Å². The van der Waals surface area contributed by atoms with Gasteiger partial charge in [0, 0.05) is 29.0 Å². The van der Waals surface area contributed by atoms with Crippen LogP contribution in [0.3, 0.4) is 0 Å². The number of ether oxygens (including phenoxy) is 2. The third-order valence-corrected chi connectivity index (χ3v) is 5.96. The van der Waals surface area contributed by atoms with Crippen molar-refractivity contribution in [2.75, 3.05) is 12.4 Å². The summed E-state index contributed by atoms with van der Waals surface area (Å²) in [5.74, 6) is -1.29. The summed E-state index contributed by atoms with van der Waals surface area (Å²) < 4.78 is 10.4. The fourth-order valence-corrected chi connectivity index (χ4v) is 3.83.